The summed E-state index contributed by atoms with van der Waals surface area (Å²) in [7, 11) is 0. The molecule has 2 nitrogen and oxygen atoms in total. The molecular weight excluding hydrogens is 232 g/mol. The fourth-order valence-electron chi connectivity index (χ4n) is 2.80. The van der Waals surface area contributed by atoms with Crippen molar-refractivity contribution in [3.8, 4) is 0 Å². The van der Waals surface area contributed by atoms with Gasteiger partial charge in [-0.05, 0) is 50.3 Å². The Labute approximate surface area is 118 Å². The smallest absolute Gasteiger partial charge is 0.0414 e. The van der Waals surface area contributed by atoms with Crippen LogP contribution in [0.25, 0.3) is 0 Å². The quantitative estimate of drug-likeness (QED) is 0.760. The maximum absolute atomic E-state index is 3.61. The Morgan fingerprint density at radius 3 is 2.53 bits per heavy atom. The summed E-state index contributed by atoms with van der Waals surface area (Å²) in [6.45, 7) is 10.1. The molecule has 0 aromatic heterocycles. The van der Waals surface area contributed by atoms with E-state index in [-0.39, 0.29) is 0 Å². The number of benzene rings is 1. The molecule has 1 aromatic carbocycles. The molecule has 0 amide bonds. The predicted octanol–water partition coefficient (Wildman–Crippen LogP) is 3.98. The first-order valence-corrected chi connectivity index (χ1v) is 7.87. The van der Waals surface area contributed by atoms with Crippen LogP contribution in [0.1, 0.15) is 51.6 Å². The van der Waals surface area contributed by atoms with Crippen LogP contribution in [-0.2, 0) is 0 Å². The van der Waals surface area contributed by atoms with Gasteiger partial charge < -0.3 is 10.2 Å². The number of hydrogen-bond donors (Lipinski definition) is 1. The molecule has 1 saturated carbocycles. The number of anilines is 1. The van der Waals surface area contributed by atoms with Crippen molar-refractivity contribution in [2.45, 2.75) is 46.1 Å². The molecule has 0 saturated heterocycles. The highest BCUT2D eigenvalue weighted by Crippen LogP contribution is 2.34. The van der Waals surface area contributed by atoms with E-state index in [1.165, 1.54) is 30.6 Å². The van der Waals surface area contributed by atoms with E-state index in [2.05, 4.69) is 55.3 Å². The summed E-state index contributed by atoms with van der Waals surface area (Å²) in [6.07, 6.45) is 3.98. The summed E-state index contributed by atoms with van der Waals surface area (Å²) in [5, 5.41) is 3.61. The molecule has 0 radical (unpaired) electrons. The molecule has 1 aliphatic rings. The fourth-order valence-corrected chi connectivity index (χ4v) is 2.80. The Bertz CT molecular complexity index is 385. The summed E-state index contributed by atoms with van der Waals surface area (Å²) < 4.78 is 0. The van der Waals surface area contributed by atoms with Crippen LogP contribution in [0.3, 0.4) is 0 Å². The molecule has 1 unspecified atom stereocenters. The van der Waals surface area contributed by atoms with Gasteiger partial charge in [-0.25, -0.2) is 0 Å². The van der Waals surface area contributed by atoms with Crippen molar-refractivity contribution in [3.63, 3.8) is 0 Å². The minimum Gasteiger partial charge on any atom is -0.371 e. The monoisotopic (exact) mass is 260 g/mol. The lowest BCUT2D eigenvalue weighted by Gasteiger charge is -2.29. The standard InChI is InChI=1S/C17H28N2/c1-4-16(18-5-2)15-9-7-8-10-17(15)19(6-3)13-14-11-12-14/h7-10,14,16,18H,4-6,11-13H2,1-3H3. The van der Waals surface area contributed by atoms with Gasteiger partial charge in [0, 0.05) is 24.8 Å². The minimum absolute atomic E-state index is 0.481. The van der Waals surface area contributed by atoms with Gasteiger partial charge in [-0.15, -0.1) is 0 Å². The first-order valence-electron chi connectivity index (χ1n) is 7.87. The molecule has 2 rings (SSSR count). The van der Waals surface area contributed by atoms with E-state index < -0.39 is 0 Å². The van der Waals surface area contributed by atoms with Crippen molar-refractivity contribution < 1.29 is 0 Å². The summed E-state index contributed by atoms with van der Waals surface area (Å²) in [4.78, 5) is 2.56. The Hall–Kier alpha value is -1.02. The van der Waals surface area contributed by atoms with E-state index in [9.17, 15) is 0 Å². The highest BCUT2D eigenvalue weighted by atomic mass is 15.1. The molecule has 0 aliphatic heterocycles. The van der Waals surface area contributed by atoms with E-state index in [1.54, 1.807) is 0 Å². The third-order valence-electron chi connectivity index (χ3n) is 4.07. The van der Waals surface area contributed by atoms with Gasteiger partial charge in [0.05, 0.1) is 0 Å². The Morgan fingerprint density at radius 2 is 1.95 bits per heavy atom. The van der Waals surface area contributed by atoms with Crippen LogP contribution >= 0.6 is 0 Å². The molecule has 1 N–H and O–H groups in total. The Balaban J connectivity index is 2.21. The molecule has 0 heterocycles. The number of hydrogen-bond acceptors (Lipinski definition) is 2. The maximum atomic E-state index is 3.61. The number of nitrogens with zero attached hydrogens (tertiary/aromatic N) is 1. The Kier molecular flexibility index (Phi) is 5.26. The number of para-hydroxylation sites is 1. The molecule has 1 aromatic rings. The lowest BCUT2D eigenvalue weighted by Crippen LogP contribution is -2.29. The molecule has 0 bridgehead atoms. The normalized spacial score (nSPS) is 16.4. The second-order valence-corrected chi connectivity index (χ2v) is 5.56. The topological polar surface area (TPSA) is 15.3 Å². The lowest BCUT2D eigenvalue weighted by molar-refractivity contribution is 0.535. The van der Waals surface area contributed by atoms with Crippen molar-refractivity contribution in [1.82, 2.24) is 5.32 Å². The highest BCUT2D eigenvalue weighted by molar-refractivity contribution is 5.55. The number of rotatable bonds is 8. The van der Waals surface area contributed by atoms with E-state index in [0.717, 1.165) is 25.4 Å². The SMILES string of the molecule is CCNC(CC)c1ccccc1N(CC)CC1CC1. The van der Waals surface area contributed by atoms with E-state index in [4.69, 9.17) is 0 Å². The van der Waals surface area contributed by atoms with Crippen LogP contribution in [0, 0.1) is 5.92 Å². The third kappa shape index (κ3) is 3.73. The highest BCUT2D eigenvalue weighted by Gasteiger charge is 2.25. The third-order valence-corrected chi connectivity index (χ3v) is 4.07. The van der Waals surface area contributed by atoms with Gasteiger partial charge >= 0.3 is 0 Å². The van der Waals surface area contributed by atoms with Crippen LogP contribution in [0.5, 0.6) is 0 Å². The van der Waals surface area contributed by atoms with E-state index in [0.29, 0.717) is 6.04 Å². The molecule has 0 spiro atoms. The van der Waals surface area contributed by atoms with E-state index in [1.807, 2.05) is 0 Å². The summed E-state index contributed by atoms with van der Waals surface area (Å²) in [5.74, 6) is 0.937. The largest absolute Gasteiger partial charge is 0.371 e. The first kappa shape index (κ1) is 14.4. The minimum atomic E-state index is 0.481. The average molecular weight is 260 g/mol. The zero-order valence-corrected chi connectivity index (χ0v) is 12.7. The predicted molar refractivity (Wildman–Crippen MR) is 83.8 cm³/mol. The van der Waals surface area contributed by atoms with E-state index >= 15 is 0 Å². The van der Waals surface area contributed by atoms with Crippen LogP contribution < -0.4 is 10.2 Å². The Morgan fingerprint density at radius 1 is 1.21 bits per heavy atom. The van der Waals surface area contributed by atoms with Gasteiger partial charge in [-0.2, -0.15) is 0 Å². The summed E-state index contributed by atoms with van der Waals surface area (Å²) in [5.41, 5.74) is 2.90. The zero-order valence-electron chi connectivity index (χ0n) is 12.7. The van der Waals surface area contributed by atoms with Gasteiger partial charge in [-0.1, -0.05) is 32.0 Å². The first-order chi connectivity index (χ1) is 9.30. The van der Waals surface area contributed by atoms with Crippen LogP contribution in [0.15, 0.2) is 24.3 Å². The van der Waals surface area contributed by atoms with Gasteiger partial charge in [0.15, 0.2) is 0 Å². The van der Waals surface area contributed by atoms with Crippen molar-refractivity contribution >= 4 is 5.69 Å². The molecule has 1 atom stereocenters. The summed E-state index contributed by atoms with van der Waals surface area (Å²) >= 11 is 0. The molecule has 1 aliphatic carbocycles. The van der Waals surface area contributed by atoms with Crippen molar-refractivity contribution in [1.29, 1.82) is 0 Å². The fraction of sp³-hybridized carbons (Fsp3) is 0.647. The van der Waals surface area contributed by atoms with Crippen molar-refractivity contribution in [3.05, 3.63) is 29.8 Å². The molecule has 1 fully saturated rings. The van der Waals surface area contributed by atoms with Crippen LogP contribution in [-0.4, -0.2) is 19.6 Å². The average Bonchev–Trinajstić information content (AvgIpc) is 3.26. The van der Waals surface area contributed by atoms with Gasteiger partial charge in [0.2, 0.25) is 0 Å². The zero-order chi connectivity index (χ0) is 13.7. The molecule has 19 heavy (non-hydrogen) atoms. The van der Waals surface area contributed by atoms with Gasteiger partial charge in [0.1, 0.15) is 0 Å². The van der Waals surface area contributed by atoms with Gasteiger partial charge in [-0.3, -0.25) is 0 Å². The van der Waals surface area contributed by atoms with Gasteiger partial charge in [0.25, 0.3) is 0 Å². The molecule has 2 heteroatoms. The maximum Gasteiger partial charge on any atom is 0.0414 e. The number of nitrogens with one attached hydrogen (secondary N) is 1. The lowest BCUT2D eigenvalue weighted by atomic mass is 10.0. The van der Waals surface area contributed by atoms with Crippen LogP contribution in [0.4, 0.5) is 5.69 Å². The van der Waals surface area contributed by atoms with Crippen molar-refractivity contribution in [2.75, 3.05) is 24.5 Å². The van der Waals surface area contributed by atoms with Crippen molar-refractivity contribution in [2.24, 2.45) is 5.92 Å². The molecule has 106 valence electrons. The second-order valence-electron chi connectivity index (χ2n) is 5.56. The second kappa shape index (κ2) is 6.95. The van der Waals surface area contributed by atoms with Crippen LogP contribution in [0.2, 0.25) is 0 Å². The summed E-state index contributed by atoms with van der Waals surface area (Å²) in [6, 6.07) is 9.41. The molecular formula is C17H28N2.